The monoisotopic (exact) mass is 714 g/mol. The molecule has 4 rings (SSSR count). The quantitative estimate of drug-likeness (QED) is 0.206. The Morgan fingerprint density at radius 1 is 1.04 bits per heavy atom. The molecular weight excluding hydrogens is 684 g/mol. The summed E-state index contributed by atoms with van der Waals surface area (Å²) in [6.45, 7) is 4.54. The molecule has 0 spiro atoms. The molecular formula is C27H31Cl2F3N4O7S2. The maximum absolute atomic E-state index is 13.2. The standard InChI is InChI=1S/C25H25Cl2F3N4O4S.C2H6O3S/c1-16-22(24(35)32-33-12-3-2-4-13-33)31-23(20-10-5-17(26)15-21(20)27)34(16)18-6-8-19(9-7-18)38-39(36,37)14-11-25(28,29)30;1-2-6(3,4)5/h5-10,15H,2-4,11-14H2,1H3,(H,32,35);2H2,1H3,(H,3,4,5). The zero-order valence-corrected chi connectivity index (χ0v) is 27.3. The summed E-state index contributed by atoms with van der Waals surface area (Å²) in [5.74, 6) is -1.62. The van der Waals surface area contributed by atoms with Crippen LogP contribution in [0.5, 0.6) is 5.75 Å². The Labute approximate surface area is 269 Å². The average molecular weight is 716 g/mol. The Bertz CT molecular complexity index is 1710. The molecule has 0 aliphatic carbocycles. The molecule has 0 atom stereocenters. The fourth-order valence-electron chi connectivity index (χ4n) is 4.17. The van der Waals surface area contributed by atoms with Crippen LogP contribution in [0.4, 0.5) is 13.2 Å². The number of nitrogens with one attached hydrogen (secondary N) is 1. The van der Waals surface area contributed by atoms with Crippen molar-refractivity contribution in [2.24, 2.45) is 0 Å². The number of carbonyl (C=O) groups excluding carboxylic acids is 1. The fourth-order valence-corrected chi connectivity index (χ4v) is 5.63. The van der Waals surface area contributed by atoms with Crippen LogP contribution in [-0.2, 0) is 20.2 Å². The summed E-state index contributed by atoms with van der Waals surface area (Å²) in [5, 5.41) is 2.56. The summed E-state index contributed by atoms with van der Waals surface area (Å²) < 4.78 is 94.7. The summed E-state index contributed by atoms with van der Waals surface area (Å²) in [4.78, 5) is 17.8. The van der Waals surface area contributed by atoms with Crippen LogP contribution in [0, 0.1) is 6.92 Å². The second-order valence-electron chi connectivity index (χ2n) is 9.89. The molecule has 3 aromatic rings. The lowest BCUT2D eigenvalue weighted by Crippen LogP contribution is -2.45. The number of piperidine rings is 1. The number of hydrogen-bond acceptors (Lipinski definition) is 8. The van der Waals surface area contributed by atoms with E-state index in [1.54, 1.807) is 29.7 Å². The molecule has 0 unspecified atom stereocenters. The van der Waals surface area contributed by atoms with Crippen LogP contribution in [0.15, 0.2) is 42.5 Å². The predicted octanol–water partition coefficient (Wildman–Crippen LogP) is 5.84. The second-order valence-corrected chi connectivity index (χ2v) is 14.2. The Kier molecular flexibility index (Phi) is 12.3. The number of aromatic nitrogens is 2. The number of carbonyl (C=O) groups is 1. The first-order chi connectivity index (χ1) is 20.9. The molecule has 2 heterocycles. The highest BCUT2D eigenvalue weighted by molar-refractivity contribution is 7.87. The van der Waals surface area contributed by atoms with Crippen molar-refractivity contribution in [2.75, 3.05) is 24.6 Å². The first-order valence-corrected chi connectivity index (χ1v) is 17.5. The molecule has 0 saturated carbocycles. The number of rotatable bonds is 9. The molecule has 11 nitrogen and oxygen atoms in total. The van der Waals surface area contributed by atoms with Crippen LogP contribution >= 0.6 is 23.2 Å². The molecule has 1 aliphatic rings. The molecule has 18 heteroatoms. The number of imidazole rings is 1. The third-order valence-electron chi connectivity index (χ3n) is 6.43. The van der Waals surface area contributed by atoms with Crippen LogP contribution in [0.25, 0.3) is 17.1 Å². The van der Waals surface area contributed by atoms with Crippen molar-refractivity contribution in [3.63, 3.8) is 0 Å². The van der Waals surface area contributed by atoms with E-state index in [4.69, 9.17) is 31.9 Å². The van der Waals surface area contributed by atoms with Gasteiger partial charge in [-0.2, -0.15) is 30.0 Å². The molecule has 2 N–H and O–H groups in total. The molecule has 1 aliphatic heterocycles. The van der Waals surface area contributed by atoms with Crippen molar-refractivity contribution >= 4 is 49.3 Å². The zero-order valence-electron chi connectivity index (χ0n) is 24.1. The summed E-state index contributed by atoms with van der Waals surface area (Å²) in [5.41, 5.74) is 4.53. The Morgan fingerprint density at radius 3 is 2.18 bits per heavy atom. The van der Waals surface area contributed by atoms with E-state index in [2.05, 4.69) is 10.4 Å². The SMILES string of the molecule is CCS(=O)(=O)O.Cc1c(C(=O)NN2CCCCC2)nc(-c2ccc(Cl)cc2Cl)n1-c1ccc(OS(=O)(=O)CCC(F)(F)F)cc1. The van der Waals surface area contributed by atoms with E-state index >= 15 is 0 Å². The number of nitrogens with zero attached hydrogens (tertiary/aromatic N) is 3. The number of hydrogen-bond donors (Lipinski definition) is 2. The zero-order chi connectivity index (χ0) is 33.6. The minimum absolute atomic E-state index is 0.159. The highest BCUT2D eigenvalue weighted by Crippen LogP contribution is 2.34. The minimum Gasteiger partial charge on any atom is -0.382 e. The van der Waals surface area contributed by atoms with Crippen molar-refractivity contribution in [1.29, 1.82) is 0 Å². The lowest BCUT2D eigenvalue weighted by Gasteiger charge is -2.26. The molecule has 1 fully saturated rings. The van der Waals surface area contributed by atoms with E-state index in [-0.39, 0.29) is 17.2 Å². The van der Waals surface area contributed by atoms with Gasteiger partial charge in [-0.25, -0.2) is 9.99 Å². The van der Waals surface area contributed by atoms with Gasteiger partial charge >= 0.3 is 16.3 Å². The first kappa shape index (κ1) is 36.6. The van der Waals surface area contributed by atoms with E-state index in [9.17, 15) is 34.8 Å². The number of benzene rings is 2. The van der Waals surface area contributed by atoms with Crippen LogP contribution in [0.2, 0.25) is 10.0 Å². The molecule has 2 aromatic carbocycles. The van der Waals surface area contributed by atoms with Crippen molar-refractivity contribution in [3.8, 4) is 22.8 Å². The second kappa shape index (κ2) is 15.1. The lowest BCUT2D eigenvalue weighted by atomic mass is 10.2. The number of halogens is 5. The van der Waals surface area contributed by atoms with Crippen molar-refractivity contribution in [2.45, 2.75) is 45.7 Å². The maximum Gasteiger partial charge on any atom is 0.390 e. The van der Waals surface area contributed by atoms with Crippen molar-refractivity contribution in [1.82, 2.24) is 20.0 Å². The average Bonchev–Trinajstić information content (AvgIpc) is 3.29. The van der Waals surface area contributed by atoms with E-state index in [1.807, 2.05) is 5.01 Å². The maximum atomic E-state index is 13.2. The molecule has 1 aromatic heterocycles. The van der Waals surface area contributed by atoms with Gasteiger partial charge in [-0.1, -0.05) is 29.6 Å². The van der Waals surface area contributed by atoms with Crippen LogP contribution in [0.1, 0.15) is 48.8 Å². The number of alkyl halides is 3. The van der Waals surface area contributed by atoms with Gasteiger partial charge in [0.1, 0.15) is 11.6 Å². The first-order valence-electron chi connectivity index (χ1n) is 13.5. The predicted molar refractivity (Wildman–Crippen MR) is 164 cm³/mol. The molecule has 1 saturated heterocycles. The highest BCUT2D eigenvalue weighted by Gasteiger charge is 2.31. The Morgan fingerprint density at radius 2 is 1.64 bits per heavy atom. The fraction of sp³-hybridized carbons (Fsp3) is 0.407. The van der Waals surface area contributed by atoms with Gasteiger partial charge < -0.3 is 4.18 Å². The van der Waals surface area contributed by atoms with Gasteiger partial charge in [0.15, 0.2) is 5.69 Å². The van der Waals surface area contributed by atoms with Gasteiger partial charge in [-0.3, -0.25) is 19.3 Å². The van der Waals surface area contributed by atoms with Gasteiger partial charge in [-0.05, 0) is 69.2 Å². The van der Waals surface area contributed by atoms with Crippen LogP contribution in [0.3, 0.4) is 0 Å². The topological polar surface area (TPSA) is 148 Å². The van der Waals surface area contributed by atoms with Crippen LogP contribution < -0.4 is 9.61 Å². The van der Waals surface area contributed by atoms with E-state index in [1.165, 1.54) is 31.2 Å². The van der Waals surface area contributed by atoms with Gasteiger partial charge in [0.25, 0.3) is 16.0 Å². The smallest absolute Gasteiger partial charge is 0.382 e. The highest BCUT2D eigenvalue weighted by atomic mass is 35.5. The number of hydrazine groups is 1. The van der Waals surface area contributed by atoms with Gasteiger partial charge in [0, 0.05) is 29.4 Å². The van der Waals surface area contributed by atoms with Crippen molar-refractivity contribution in [3.05, 3.63) is 63.9 Å². The largest absolute Gasteiger partial charge is 0.390 e. The summed E-state index contributed by atoms with van der Waals surface area (Å²) in [6.07, 6.45) is -3.10. The van der Waals surface area contributed by atoms with Crippen LogP contribution in [-0.4, -0.2) is 72.6 Å². The summed E-state index contributed by atoms with van der Waals surface area (Å²) >= 11 is 12.5. The Balaban J connectivity index is 0.000000838. The van der Waals surface area contributed by atoms with E-state index < -0.39 is 44.5 Å². The van der Waals surface area contributed by atoms with Gasteiger partial charge in [-0.15, -0.1) is 0 Å². The number of amides is 1. The third kappa shape index (κ3) is 11.1. The van der Waals surface area contributed by atoms with Crippen molar-refractivity contribution < 1.29 is 43.5 Å². The molecule has 1 amide bonds. The molecule has 248 valence electrons. The third-order valence-corrected chi connectivity index (χ3v) is 8.86. The minimum atomic E-state index is -4.63. The lowest BCUT2D eigenvalue weighted by molar-refractivity contribution is -0.130. The van der Waals surface area contributed by atoms with Gasteiger partial charge in [0.2, 0.25) is 0 Å². The Hall–Kier alpha value is -2.89. The summed E-state index contributed by atoms with van der Waals surface area (Å²) in [7, 11) is -8.12. The molecule has 0 radical (unpaired) electrons. The van der Waals surface area contributed by atoms with Gasteiger partial charge in [0.05, 0.1) is 28.6 Å². The molecule has 0 bridgehead atoms. The normalized spacial score (nSPS) is 14.4. The summed E-state index contributed by atoms with van der Waals surface area (Å²) in [6, 6.07) is 10.5. The molecule has 45 heavy (non-hydrogen) atoms. The van der Waals surface area contributed by atoms with E-state index in [0.29, 0.717) is 32.8 Å². The van der Waals surface area contributed by atoms with E-state index in [0.717, 1.165) is 32.4 Å².